The lowest BCUT2D eigenvalue weighted by Gasteiger charge is -2.15. The maximum Gasteiger partial charge on any atom is 0.140 e. The summed E-state index contributed by atoms with van der Waals surface area (Å²) in [4.78, 5) is 7.74. The Balaban J connectivity index is 1.46. The molecule has 3 aromatic carbocycles. The van der Waals surface area contributed by atoms with Gasteiger partial charge in [0.2, 0.25) is 0 Å². The molecule has 2 N–H and O–H groups in total. The second-order valence-electron chi connectivity index (χ2n) is 8.50. The Bertz CT molecular complexity index is 1320. The second-order valence-corrected chi connectivity index (χ2v) is 10.0. The van der Waals surface area contributed by atoms with Gasteiger partial charge in [-0.05, 0) is 55.5 Å². The van der Waals surface area contributed by atoms with Gasteiger partial charge >= 0.3 is 0 Å². The van der Waals surface area contributed by atoms with Crippen molar-refractivity contribution >= 4 is 46.9 Å². The maximum atomic E-state index is 11.0. The number of H-pyrrole nitrogens is 1. The molecule has 0 radical (unpaired) electrons. The van der Waals surface area contributed by atoms with E-state index in [2.05, 4.69) is 22.6 Å². The average Bonchev–Trinajstić information content (AvgIpc) is 3.55. The molecule has 5 nitrogen and oxygen atoms in total. The Kier molecular flexibility index (Phi) is 6.67. The van der Waals surface area contributed by atoms with Crippen LogP contribution in [0.3, 0.4) is 0 Å². The summed E-state index contributed by atoms with van der Waals surface area (Å²) in [6.07, 6.45) is 1.53. The lowest BCUT2D eigenvalue weighted by atomic mass is 10.0. The fourth-order valence-electron chi connectivity index (χ4n) is 3.84. The molecule has 1 aromatic heterocycles. The van der Waals surface area contributed by atoms with Gasteiger partial charge in [0.15, 0.2) is 0 Å². The summed E-state index contributed by atoms with van der Waals surface area (Å²) in [5.74, 6) is 2.48. The number of nitrogens with zero attached hydrogens (tertiary/aromatic N) is 1. The van der Waals surface area contributed by atoms with Crippen LogP contribution in [-0.2, 0) is 0 Å². The van der Waals surface area contributed by atoms with E-state index in [1.165, 1.54) is 12.8 Å². The van der Waals surface area contributed by atoms with E-state index in [9.17, 15) is 5.11 Å². The number of hydrogen-bond acceptors (Lipinski definition) is 5. The summed E-state index contributed by atoms with van der Waals surface area (Å²) in [5, 5.41) is 11.8. The van der Waals surface area contributed by atoms with Gasteiger partial charge in [0.05, 0.1) is 27.7 Å². The van der Waals surface area contributed by atoms with E-state index in [0.717, 1.165) is 17.9 Å². The number of aromatic amines is 1. The van der Waals surface area contributed by atoms with Crippen LogP contribution in [0.25, 0.3) is 22.2 Å². The lowest BCUT2D eigenvalue weighted by Crippen LogP contribution is -2.03. The minimum Gasteiger partial charge on any atom is -0.493 e. The van der Waals surface area contributed by atoms with Gasteiger partial charge in [0.1, 0.15) is 28.9 Å². The molecule has 176 valence electrons. The number of aliphatic hydroxyl groups is 1. The first-order valence-corrected chi connectivity index (χ1v) is 12.4. The third-order valence-electron chi connectivity index (χ3n) is 5.78. The largest absolute Gasteiger partial charge is 0.493 e. The second kappa shape index (κ2) is 9.70. The molecule has 1 heterocycles. The molecule has 4 aromatic rings. The van der Waals surface area contributed by atoms with Gasteiger partial charge in [0, 0.05) is 11.1 Å². The number of imidazole rings is 1. The van der Waals surface area contributed by atoms with Crippen molar-refractivity contribution in [2.24, 2.45) is 5.92 Å². The highest BCUT2D eigenvalue weighted by Crippen LogP contribution is 2.43. The van der Waals surface area contributed by atoms with E-state index >= 15 is 0 Å². The fraction of sp³-hybridized carbons (Fsp3) is 0.269. The third-order valence-corrected chi connectivity index (χ3v) is 6.56. The zero-order valence-corrected chi connectivity index (χ0v) is 20.9. The molecule has 1 fully saturated rings. The van der Waals surface area contributed by atoms with Crippen LogP contribution in [0.1, 0.15) is 37.3 Å². The van der Waals surface area contributed by atoms with Gasteiger partial charge in [-0.25, -0.2) is 4.98 Å². The monoisotopic (exact) mass is 514 g/mol. The van der Waals surface area contributed by atoms with Crippen LogP contribution in [0.15, 0.2) is 54.6 Å². The summed E-state index contributed by atoms with van der Waals surface area (Å²) in [7, 11) is 0. The van der Waals surface area contributed by atoms with Crippen molar-refractivity contribution in [2.75, 3.05) is 6.61 Å². The number of hydrogen-bond donors (Lipinski definition) is 3. The van der Waals surface area contributed by atoms with Crippen LogP contribution in [0.4, 0.5) is 0 Å². The molecule has 0 spiro atoms. The highest BCUT2D eigenvalue weighted by molar-refractivity contribution is 7.80. The number of fused-ring (bicyclic) bond motifs is 1. The molecule has 0 aliphatic heterocycles. The van der Waals surface area contributed by atoms with Gasteiger partial charge < -0.3 is 19.6 Å². The molecule has 2 atom stereocenters. The smallest absolute Gasteiger partial charge is 0.140 e. The van der Waals surface area contributed by atoms with Crippen LogP contribution < -0.4 is 9.47 Å². The number of rotatable bonds is 8. The van der Waals surface area contributed by atoms with Crippen LogP contribution in [0, 0.1) is 5.92 Å². The predicted octanol–water partition coefficient (Wildman–Crippen LogP) is 7.06. The number of ether oxygens (including phenoxy) is 2. The van der Waals surface area contributed by atoms with Crippen molar-refractivity contribution in [2.45, 2.75) is 31.3 Å². The average molecular weight is 515 g/mol. The molecular formula is C26H24Cl2N2O3S. The minimum atomic E-state index is -0.955. The maximum absolute atomic E-state index is 11.0. The molecule has 1 aliphatic rings. The van der Waals surface area contributed by atoms with Gasteiger partial charge in [-0.3, -0.25) is 0 Å². The SMILES string of the molecule is CC(S)Oc1ccccc1-c1c(Cl)cc2nc(C(O)c3ccc(OCC4CC4)cc3)[nH]c2c1Cl. The van der Waals surface area contributed by atoms with Crippen LogP contribution in [0.2, 0.25) is 10.0 Å². The summed E-state index contributed by atoms with van der Waals surface area (Å²) in [5.41, 5.74) is 2.93. The van der Waals surface area contributed by atoms with Crippen LogP contribution in [-0.4, -0.2) is 27.1 Å². The van der Waals surface area contributed by atoms with Crippen molar-refractivity contribution < 1.29 is 14.6 Å². The first-order valence-electron chi connectivity index (χ1n) is 11.1. The quantitative estimate of drug-likeness (QED) is 0.174. The Hall–Kier alpha value is -2.38. The molecule has 5 rings (SSSR count). The lowest BCUT2D eigenvalue weighted by molar-refractivity contribution is 0.211. The number of thiol groups is 1. The minimum absolute atomic E-state index is 0.304. The Morgan fingerprint density at radius 1 is 1.15 bits per heavy atom. The summed E-state index contributed by atoms with van der Waals surface area (Å²) >= 11 is 17.8. The number of halogens is 2. The molecular weight excluding hydrogens is 491 g/mol. The van der Waals surface area contributed by atoms with Crippen LogP contribution in [0.5, 0.6) is 11.5 Å². The van der Waals surface area contributed by atoms with E-state index < -0.39 is 6.10 Å². The zero-order valence-electron chi connectivity index (χ0n) is 18.5. The van der Waals surface area contributed by atoms with E-state index in [4.69, 9.17) is 32.7 Å². The summed E-state index contributed by atoms with van der Waals surface area (Å²) < 4.78 is 11.6. The molecule has 2 unspecified atom stereocenters. The van der Waals surface area contributed by atoms with E-state index in [1.54, 1.807) is 6.07 Å². The van der Waals surface area contributed by atoms with Gasteiger partial charge in [-0.15, -0.1) is 12.6 Å². The molecule has 0 bridgehead atoms. The Morgan fingerprint density at radius 3 is 2.59 bits per heavy atom. The van der Waals surface area contributed by atoms with Crippen molar-refractivity contribution in [1.82, 2.24) is 9.97 Å². The highest BCUT2D eigenvalue weighted by Gasteiger charge is 2.23. The van der Waals surface area contributed by atoms with Crippen molar-refractivity contribution in [3.8, 4) is 22.6 Å². The summed E-state index contributed by atoms with van der Waals surface area (Å²) in [6.45, 7) is 2.58. The topological polar surface area (TPSA) is 67.4 Å². The van der Waals surface area contributed by atoms with E-state index in [-0.39, 0.29) is 5.44 Å². The standard InChI is InChI=1S/C26H24Cl2N2O3S/c1-14(34)33-21-5-3-2-4-18(21)22-19(27)12-20-24(23(22)28)30-26(29-20)25(31)16-8-10-17(11-9-16)32-13-15-6-7-15/h2-5,8-12,14-15,25,31,34H,6-7,13H2,1H3,(H,29,30). The molecule has 1 saturated carbocycles. The normalized spacial score (nSPS) is 15.3. The number of benzene rings is 3. The summed E-state index contributed by atoms with van der Waals surface area (Å²) in [6, 6.07) is 16.7. The van der Waals surface area contributed by atoms with Gasteiger partial charge in [-0.1, -0.05) is 53.5 Å². The van der Waals surface area contributed by atoms with Crippen molar-refractivity contribution in [1.29, 1.82) is 0 Å². The molecule has 8 heteroatoms. The van der Waals surface area contributed by atoms with E-state index in [1.807, 2.05) is 55.5 Å². The number of nitrogens with one attached hydrogen (secondary N) is 1. The number of aliphatic hydroxyl groups excluding tert-OH is 1. The Labute approximate surface area is 213 Å². The predicted molar refractivity (Wildman–Crippen MR) is 139 cm³/mol. The van der Waals surface area contributed by atoms with Crippen LogP contribution >= 0.6 is 35.8 Å². The zero-order chi connectivity index (χ0) is 23.8. The van der Waals surface area contributed by atoms with E-state index in [0.29, 0.717) is 49.7 Å². The third kappa shape index (κ3) is 4.86. The first-order chi connectivity index (χ1) is 16.4. The molecule has 1 aliphatic carbocycles. The van der Waals surface area contributed by atoms with Gasteiger partial charge in [-0.2, -0.15) is 0 Å². The Morgan fingerprint density at radius 2 is 1.88 bits per heavy atom. The van der Waals surface area contributed by atoms with Crippen molar-refractivity contribution in [3.63, 3.8) is 0 Å². The van der Waals surface area contributed by atoms with Crippen molar-refractivity contribution in [3.05, 3.63) is 76.0 Å². The number of para-hydroxylation sites is 1. The highest BCUT2D eigenvalue weighted by atomic mass is 35.5. The molecule has 0 saturated heterocycles. The number of aromatic nitrogens is 2. The fourth-order valence-corrected chi connectivity index (χ4v) is 4.65. The first kappa shape index (κ1) is 23.4. The molecule has 34 heavy (non-hydrogen) atoms. The molecule has 0 amide bonds. The van der Waals surface area contributed by atoms with Gasteiger partial charge in [0.25, 0.3) is 0 Å².